The van der Waals surface area contributed by atoms with Crippen LogP contribution in [0.3, 0.4) is 0 Å². The molecule has 1 aliphatic rings. The molecule has 0 aliphatic carbocycles. The highest BCUT2D eigenvalue weighted by atomic mass is 16.5. The zero-order chi connectivity index (χ0) is 15.9. The SMILES string of the molecule is O=C(COCC1CCCO1)NCc1ccc(-c2ccccc2)o1. The molecule has 0 spiro atoms. The largest absolute Gasteiger partial charge is 0.459 e. The van der Waals surface area contributed by atoms with E-state index in [1.165, 1.54) is 0 Å². The van der Waals surface area contributed by atoms with Crippen LogP contribution in [-0.2, 0) is 20.8 Å². The Bertz CT molecular complexity index is 617. The van der Waals surface area contributed by atoms with Crippen LogP contribution in [0.4, 0.5) is 0 Å². The molecule has 2 aromatic rings. The standard InChI is InChI=1S/C18H21NO4/c20-18(13-21-12-16-7-4-10-22-16)19-11-15-8-9-17(23-15)14-5-2-1-3-6-14/h1-3,5-6,8-9,16H,4,7,10-13H2,(H,19,20). The molecule has 1 amide bonds. The van der Waals surface area contributed by atoms with Crippen molar-refractivity contribution in [2.45, 2.75) is 25.5 Å². The van der Waals surface area contributed by atoms with Gasteiger partial charge in [-0.15, -0.1) is 0 Å². The van der Waals surface area contributed by atoms with Crippen molar-refractivity contribution in [3.63, 3.8) is 0 Å². The number of carbonyl (C=O) groups excluding carboxylic acids is 1. The Hall–Kier alpha value is -2.11. The third-order valence-corrected chi connectivity index (χ3v) is 3.74. The first-order valence-electron chi connectivity index (χ1n) is 7.91. The number of furan rings is 1. The Morgan fingerprint density at radius 3 is 2.87 bits per heavy atom. The maximum absolute atomic E-state index is 11.7. The number of ether oxygens (including phenoxy) is 2. The first-order chi connectivity index (χ1) is 11.3. The molecule has 122 valence electrons. The smallest absolute Gasteiger partial charge is 0.246 e. The summed E-state index contributed by atoms with van der Waals surface area (Å²) in [6, 6.07) is 13.6. The van der Waals surface area contributed by atoms with Gasteiger partial charge in [-0.2, -0.15) is 0 Å². The Morgan fingerprint density at radius 2 is 2.09 bits per heavy atom. The number of benzene rings is 1. The van der Waals surface area contributed by atoms with Gasteiger partial charge in [0.15, 0.2) is 0 Å². The van der Waals surface area contributed by atoms with Crippen LogP contribution in [0, 0.1) is 0 Å². The van der Waals surface area contributed by atoms with E-state index in [-0.39, 0.29) is 18.6 Å². The predicted molar refractivity (Wildman–Crippen MR) is 85.8 cm³/mol. The molecule has 0 radical (unpaired) electrons. The molecule has 23 heavy (non-hydrogen) atoms. The van der Waals surface area contributed by atoms with Crippen molar-refractivity contribution in [2.75, 3.05) is 19.8 Å². The van der Waals surface area contributed by atoms with Crippen molar-refractivity contribution < 1.29 is 18.7 Å². The quantitative estimate of drug-likeness (QED) is 0.853. The predicted octanol–water partition coefficient (Wildman–Crippen LogP) is 2.76. The second-order valence-electron chi connectivity index (χ2n) is 5.56. The van der Waals surface area contributed by atoms with Crippen LogP contribution in [0.1, 0.15) is 18.6 Å². The van der Waals surface area contributed by atoms with Crippen molar-refractivity contribution in [3.05, 3.63) is 48.2 Å². The van der Waals surface area contributed by atoms with Gasteiger partial charge in [0.25, 0.3) is 0 Å². The van der Waals surface area contributed by atoms with Gasteiger partial charge in [-0.1, -0.05) is 30.3 Å². The maximum atomic E-state index is 11.7. The van der Waals surface area contributed by atoms with Crippen molar-refractivity contribution in [3.8, 4) is 11.3 Å². The van der Waals surface area contributed by atoms with Crippen LogP contribution in [0.2, 0.25) is 0 Å². The molecule has 1 aromatic carbocycles. The summed E-state index contributed by atoms with van der Waals surface area (Å²) in [5.41, 5.74) is 1.02. The Kier molecular flexibility index (Phi) is 5.45. The van der Waals surface area contributed by atoms with Gasteiger partial charge >= 0.3 is 0 Å². The number of nitrogens with one attached hydrogen (secondary N) is 1. The second kappa shape index (κ2) is 7.94. The molecular weight excluding hydrogens is 294 g/mol. The summed E-state index contributed by atoms with van der Waals surface area (Å²) in [4.78, 5) is 11.7. The first-order valence-corrected chi connectivity index (χ1v) is 7.91. The van der Waals surface area contributed by atoms with Gasteiger partial charge in [0.2, 0.25) is 5.91 Å². The molecule has 1 aliphatic heterocycles. The summed E-state index contributed by atoms with van der Waals surface area (Å²) in [6.07, 6.45) is 2.22. The van der Waals surface area contributed by atoms with Crippen molar-refractivity contribution in [1.29, 1.82) is 0 Å². The molecule has 1 fully saturated rings. The van der Waals surface area contributed by atoms with E-state index >= 15 is 0 Å². The van der Waals surface area contributed by atoms with E-state index in [1.54, 1.807) is 0 Å². The fourth-order valence-corrected chi connectivity index (χ4v) is 2.53. The van der Waals surface area contributed by atoms with E-state index in [0.29, 0.717) is 13.2 Å². The maximum Gasteiger partial charge on any atom is 0.246 e. The molecule has 0 saturated carbocycles. The van der Waals surface area contributed by atoms with E-state index in [9.17, 15) is 4.79 Å². The third kappa shape index (κ3) is 4.68. The number of rotatable bonds is 7. The average molecular weight is 315 g/mol. The molecule has 0 bridgehead atoms. The van der Waals surface area contributed by atoms with Gasteiger partial charge in [0.05, 0.1) is 19.3 Å². The summed E-state index contributed by atoms with van der Waals surface area (Å²) >= 11 is 0. The number of hydrogen-bond donors (Lipinski definition) is 1. The van der Waals surface area contributed by atoms with E-state index in [1.807, 2.05) is 42.5 Å². The zero-order valence-corrected chi connectivity index (χ0v) is 13.0. The highest BCUT2D eigenvalue weighted by Gasteiger charge is 2.16. The number of amides is 1. The van der Waals surface area contributed by atoms with E-state index in [0.717, 1.165) is 36.5 Å². The Balaban J connectivity index is 1.40. The minimum atomic E-state index is -0.152. The van der Waals surface area contributed by atoms with Gasteiger partial charge in [-0.25, -0.2) is 0 Å². The highest BCUT2D eigenvalue weighted by Crippen LogP contribution is 2.21. The molecule has 1 aromatic heterocycles. The molecule has 1 N–H and O–H groups in total. The molecule has 1 unspecified atom stereocenters. The van der Waals surface area contributed by atoms with Gasteiger partial charge < -0.3 is 19.2 Å². The lowest BCUT2D eigenvalue weighted by Gasteiger charge is -2.09. The van der Waals surface area contributed by atoms with Crippen LogP contribution >= 0.6 is 0 Å². The average Bonchev–Trinajstić information content (AvgIpc) is 3.25. The lowest BCUT2D eigenvalue weighted by atomic mass is 10.2. The molecule has 3 rings (SSSR count). The van der Waals surface area contributed by atoms with Crippen LogP contribution in [0.25, 0.3) is 11.3 Å². The van der Waals surface area contributed by atoms with Crippen LogP contribution in [0.5, 0.6) is 0 Å². The molecule has 5 heteroatoms. The summed E-state index contributed by atoms with van der Waals surface area (Å²) < 4.78 is 16.5. The lowest BCUT2D eigenvalue weighted by Crippen LogP contribution is -2.28. The summed E-state index contributed by atoms with van der Waals surface area (Å²) in [5, 5.41) is 2.79. The van der Waals surface area contributed by atoms with Gasteiger partial charge in [-0.05, 0) is 25.0 Å². The van der Waals surface area contributed by atoms with Crippen molar-refractivity contribution in [1.82, 2.24) is 5.32 Å². The fourth-order valence-electron chi connectivity index (χ4n) is 2.53. The Labute approximate surface area is 135 Å². The molecule has 1 atom stereocenters. The van der Waals surface area contributed by atoms with E-state index < -0.39 is 0 Å². The van der Waals surface area contributed by atoms with Crippen molar-refractivity contribution >= 4 is 5.91 Å². The van der Waals surface area contributed by atoms with Crippen LogP contribution in [0.15, 0.2) is 46.9 Å². The molecule has 5 nitrogen and oxygen atoms in total. The monoisotopic (exact) mass is 315 g/mol. The lowest BCUT2D eigenvalue weighted by molar-refractivity contribution is -0.127. The van der Waals surface area contributed by atoms with Crippen LogP contribution < -0.4 is 5.32 Å². The van der Waals surface area contributed by atoms with E-state index in [2.05, 4.69) is 5.32 Å². The minimum absolute atomic E-state index is 0.0477. The van der Waals surface area contributed by atoms with Gasteiger partial charge in [-0.3, -0.25) is 4.79 Å². The minimum Gasteiger partial charge on any atom is -0.459 e. The summed E-state index contributed by atoms with van der Waals surface area (Å²) in [7, 11) is 0. The second-order valence-corrected chi connectivity index (χ2v) is 5.56. The summed E-state index contributed by atoms with van der Waals surface area (Å²) in [5.74, 6) is 1.36. The normalized spacial score (nSPS) is 17.3. The number of carbonyl (C=O) groups is 1. The van der Waals surface area contributed by atoms with Crippen molar-refractivity contribution in [2.24, 2.45) is 0 Å². The summed E-state index contributed by atoms with van der Waals surface area (Å²) in [6.45, 7) is 1.68. The highest BCUT2D eigenvalue weighted by molar-refractivity contribution is 5.77. The Morgan fingerprint density at radius 1 is 1.22 bits per heavy atom. The fraction of sp³-hybridized carbons (Fsp3) is 0.389. The number of hydrogen-bond acceptors (Lipinski definition) is 4. The first kappa shape index (κ1) is 15.8. The van der Waals surface area contributed by atoms with Crippen LogP contribution in [-0.4, -0.2) is 31.8 Å². The van der Waals surface area contributed by atoms with E-state index in [4.69, 9.17) is 13.9 Å². The molecular formula is C18H21NO4. The third-order valence-electron chi connectivity index (χ3n) is 3.74. The topological polar surface area (TPSA) is 60.7 Å². The molecule has 1 saturated heterocycles. The van der Waals surface area contributed by atoms with Gasteiger partial charge in [0, 0.05) is 12.2 Å². The van der Waals surface area contributed by atoms with Gasteiger partial charge in [0.1, 0.15) is 18.1 Å². The zero-order valence-electron chi connectivity index (χ0n) is 13.0. The molecule has 2 heterocycles.